The summed E-state index contributed by atoms with van der Waals surface area (Å²) in [5, 5.41) is 13.9. The molecule has 1 aromatic rings. The van der Waals surface area contributed by atoms with Crippen LogP contribution in [-0.4, -0.2) is 23.0 Å². The highest BCUT2D eigenvalue weighted by atomic mass is 79.9. The minimum atomic E-state index is -0.433. The molecule has 1 heterocycles. The molecule has 0 saturated heterocycles. The second-order valence-corrected chi connectivity index (χ2v) is 5.17. The quantitative estimate of drug-likeness (QED) is 0.669. The first kappa shape index (κ1) is 12.4. The van der Waals surface area contributed by atoms with E-state index >= 15 is 0 Å². The van der Waals surface area contributed by atoms with Crippen LogP contribution in [0.1, 0.15) is 18.5 Å². The van der Waals surface area contributed by atoms with E-state index in [9.17, 15) is 10.1 Å². The van der Waals surface area contributed by atoms with Crippen molar-refractivity contribution in [3.63, 3.8) is 0 Å². The highest BCUT2D eigenvalue weighted by Crippen LogP contribution is 2.34. The number of pyridine rings is 1. The highest BCUT2D eigenvalue weighted by Gasteiger charge is 2.30. The van der Waals surface area contributed by atoms with Gasteiger partial charge in [0.05, 0.1) is 10.6 Å². The molecule has 1 aromatic heterocycles. The van der Waals surface area contributed by atoms with Gasteiger partial charge in [0.2, 0.25) is 0 Å². The van der Waals surface area contributed by atoms with Gasteiger partial charge in [0.15, 0.2) is 0 Å². The largest absolute Gasteiger partial charge is 0.316 e. The number of halogens is 1. The minimum Gasteiger partial charge on any atom is -0.316 e. The van der Waals surface area contributed by atoms with Crippen molar-refractivity contribution in [1.29, 1.82) is 0 Å². The van der Waals surface area contributed by atoms with Gasteiger partial charge in [-0.25, -0.2) is 0 Å². The fourth-order valence-corrected chi connectivity index (χ4v) is 2.42. The molecule has 92 valence electrons. The molecule has 17 heavy (non-hydrogen) atoms. The topological polar surface area (TPSA) is 68.1 Å². The maximum atomic E-state index is 10.6. The van der Waals surface area contributed by atoms with Crippen LogP contribution in [0.15, 0.2) is 16.7 Å². The molecule has 1 aliphatic carbocycles. The zero-order chi connectivity index (χ0) is 12.4. The Balaban J connectivity index is 2.12. The van der Waals surface area contributed by atoms with Gasteiger partial charge in [-0.1, -0.05) is 0 Å². The maximum absolute atomic E-state index is 10.6. The van der Waals surface area contributed by atoms with E-state index in [4.69, 9.17) is 0 Å². The van der Waals surface area contributed by atoms with Crippen molar-refractivity contribution in [2.24, 2.45) is 5.92 Å². The third-order valence-corrected chi connectivity index (χ3v) is 3.78. The monoisotopic (exact) mass is 299 g/mol. The van der Waals surface area contributed by atoms with Crippen molar-refractivity contribution in [1.82, 2.24) is 10.3 Å². The van der Waals surface area contributed by atoms with Crippen molar-refractivity contribution >= 4 is 21.6 Å². The lowest BCUT2D eigenvalue weighted by atomic mass is 10.1. The number of nitrogens with zero attached hydrogens (tertiary/aromatic N) is 2. The van der Waals surface area contributed by atoms with Gasteiger partial charge in [0.1, 0.15) is 6.20 Å². The first-order valence-corrected chi connectivity index (χ1v) is 6.37. The number of likely N-dealkylation sites (N-methyl/N-ethyl adjacent to an activating group) is 1. The van der Waals surface area contributed by atoms with Crippen LogP contribution in [0.4, 0.5) is 5.69 Å². The molecule has 1 N–H and O–H groups in total. The average Bonchev–Trinajstić information content (AvgIpc) is 3.11. The van der Waals surface area contributed by atoms with Gasteiger partial charge in [-0.3, -0.25) is 15.1 Å². The van der Waals surface area contributed by atoms with E-state index in [1.165, 1.54) is 25.1 Å². The molecule has 6 heteroatoms. The molecule has 0 aliphatic heterocycles. The summed E-state index contributed by atoms with van der Waals surface area (Å²) >= 11 is 3.35. The summed E-state index contributed by atoms with van der Waals surface area (Å²) in [4.78, 5) is 14.3. The zero-order valence-corrected chi connectivity index (χ0v) is 11.1. The Morgan fingerprint density at radius 2 is 2.41 bits per heavy atom. The SMILES string of the molecule is CNC(Cc1ncc([N+](=O)[O-])cc1Br)C1CC1. The molecule has 0 amide bonds. The van der Waals surface area contributed by atoms with E-state index < -0.39 is 4.92 Å². The van der Waals surface area contributed by atoms with Crippen LogP contribution >= 0.6 is 15.9 Å². The summed E-state index contributed by atoms with van der Waals surface area (Å²) in [6.45, 7) is 0. The molecule has 2 rings (SSSR count). The minimum absolute atomic E-state index is 0.0213. The van der Waals surface area contributed by atoms with Crippen molar-refractivity contribution < 1.29 is 4.92 Å². The third kappa shape index (κ3) is 3.01. The lowest BCUT2D eigenvalue weighted by Gasteiger charge is -2.15. The molecule has 0 aromatic carbocycles. The van der Waals surface area contributed by atoms with Crippen LogP contribution in [0.25, 0.3) is 0 Å². The summed E-state index contributed by atoms with van der Waals surface area (Å²) in [7, 11) is 1.95. The average molecular weight is 300 g/mol. The Morgan fingerprint density at radius 3 is 2.88 bits per heavy atom. The molecule has 1 saturated carbocycles. The Bertz CT molecular complexity index is 435. The van der Waals surface area contributed by atoms with Crippen molar-refractivity contribution in [3.8, 4) is 0 Å². The summed E-state index contributed by atoms with van der Waals surface area (Å²) < 4.78 is 0.715. The second-order valence-electron chi connectivity index (χ2n) is 4.32. The predicted octanol–water partition coefficient (Wildman–Crippen LogP) is 2.29. The number of hydrogen-bond donors (Lipinski definition) is 1. The fourth-order valence-electron chi connectivity index (χ4n) is 1.92. The Kier molecular flexibility index (Phi) is 3.73. The number of rotatable bonds is 5. The molecule has 5 nitrogen and oxygen atoms in total. The standard InChI is InChI=1S/C11H14BrN3O2/c1-13-10(7-2-3-7)5-11-9(12)4-8(6-14-11)15(16)17/h4,6-7,10,13H,2-3,5H2,1H3. The van der Waals surface area contributed by atoms with E-state index in [1.54, 1.807) is 0 Å². The first-order chi connectivity index (χ1) is 8.11. The molecule has 1 fully saturated rings. The smallest absolute Gasteiger partial charge is 0.288 e. The van der Waals surface area contributed by atoms with Gasteiger partial charge in [-0.2, -0.15) is 0 Å². The van der Waals surface area contributed by atoms with Crippen molar-refractivity contribution in [2.75, 3.05) is 7.05 Å². The number of aromatic nitrogens is 1. The molecule has 0 spiro atoms. The number of hydrogen-bond acceptors (Lipinski definition) is 4. The number of nitro groups is 1. The Morgan fingerprint density at radius 1 is 1.71 bits per heavy atom. The van der Waals surface area contributed by atoms with Gasteiger partial charge < -0.3 is 5.32 Å². The number of nitrogens with one attached hydrogen (secondary N) is 1. The van der Waals surface area contributed by atoms with Gasteiger partial charge in [-0.15, -0.1) is 0 Å². The van der Waals surface area contributed by atoms with Crippen LogP contribution in [0.2, 0.25) is 0 Å². The van der Waals surface area contributed by atoms with E-state index in [-0.39, 0.29) is 5.69 Å². The third-order valence-electron chi connectivity index (χ3n) is 3.09. The molecular formula is C11H14BrN3O2. The van der Waals surface area contributed by atoms with E-state index in [1.807, 2.05) is 7.05 Å². The van der Waals surface area contributed by atoms with Crippen LogP contribution in [0.5, 0.6) is 0 Å². The second kappa shape index (κ2) is 5.10. The zero-order valence-electron chi connectivity index (χ0n) is 9.52. The first-order valence-electron chi connectivity index (χ1n) is 5.58. The van der Waals surface area contributed by atoms with Gasteiger partial charge in [-0.05, 0) is 41.7 Å². The molecule has 1 atom stereocenters. The summed E-state index contributed by atoms with van der Waals surface area (Å²) in [5.41, 5.74) is 0.898. The fraction of sp³-hybridized carbons (Fsp3) is 0.545. The van der Waals surface area contributed by atoms with Crippen molar-refractivity contribution in [2.45, 2.75) is 25.3 Å². The van der Waals surface area contributed by atoms with E-state index in [0.29, 0.717) is 10.5 Å². The maximum Gasteiger partial charge on any atom is 0.288 e. The van der Waals surface area contributed by atoms with Crippen LogP contribution in [-0.2, 0) is 6.42 Å². The van der Waals surface area contributed by atoms with Crippen LogP contribution in [0.3, 0.4) is 0 Å². The normalized spacial score (nSPS) is 16.8. The van der Waals surface area contributed by atoms with E-state index in [0.717, 1.165) is 18.0 Å². The van der Waals surface area contributed by atoms with E-state index in [2.05, 4.69) is 26.2 Å². The van der Waals surface area contributed by atoms with Crippen molar-refractivity contribution in [3.05, 3.63) is 32.5 Å². The Hall–Kier alpha value is -1.01. The summed E-state index contributed by atoms with van der Waals surface area (Å²) in [6, 6.07) is 1.93. The lowest BCUT2D eigenvalue weighted by molar-refractivity contribution is -0.385. The highest BCUT2D eigenvalue weighted by molar-refractivity contribution is 9.10. The lowest BCUT2D eigenvalue weighted by Crippen LogP contribution is -2.30. The molecule has 1 aliphatic rings. The summed E-state index contributed by atoms with van der Waals surface area (Å²) in [5.74, 6) is 0.726. The predicted molar refractivity (Wildman–Crippen MR) is 67.9 cm³/mol. The van der Waals surface area contributed by atoms with Gasteiger partial charge in [0, 0.05) is 23.0 Å². The molecule has 1 unspecified atom stereocenters. The van der Waals surface area contributed by atoms with Crippen LogP contribution in [0, 0.1) is 16.0 Å². The van der Waals surface area contributed by atoms with Gasteiger partial charge >= 0.3 is 0 Å². The summed E-state index contributed by atoms with van der Waals surface area (Å²) in [6.07, 6.45) is 4.64. The van der Waals surface area contributed by atoms with Gasteiger partial charge in [0.25, 0.3) is 5.69 Å². The Labute approximate surface area is 108 Å². The molecule has 0 radical (unpaired) electrons. The molecule has 0 bridgehead atoms. The molecular weight excluding hydrogens is 286 g/mol. The van der Waals surface area contributed by atoms with Crippen LogP contribution < -0.4 is 5.32 Å².